The summed E-state index contributed by atoms with van der Waals surface area (Å²) in [5.41, 5.74) is 0. The lowest BCUT2D eigenvalue weighted by Gasteiger charge is -2.11. The summed E-state index contributed by atoms with van der Waals surface area (Å²) in [5.74, 6) is 1.28. The molecule has 116 valence electrons. The van der Waals surface area contributed by atoms with Crippen LogP contribution in [-0.4, -0.2) is 57.1 Å². The van der Waals surface area contributed by atoms with Crippen molar-refractivity contribution < 1.29 is 19.2 Å². The van der Waals surface area contributed by atoms with Crippen LogP contribution in [0.4, 0.5) is 0 Å². The number of hydrogen-bond donors (Lipinski definition) is 2. The van der Waals surface area contributed by atoms with E-state index in [0.717, 1.165) is 11.5 Å². The molecule has 2 saturated heterocycles. The smallest absolute Gasteiger partial charge is 0.230 e. The summed E-state index contributed by atoms with van der Waals surface area (Å²) in [6, 6.07) is -0.768. The number of nitrogens with one attached hydrogen (secondary N) is 2. The van der Waals surface area contributed by atoms with Gasteiger partial charge in [0, 0.05) is 11.5 Å². The van der Waals surface area contributed by atoms with Crippen LogP contribution in [0.5, 0.6) is 0 Å². The summed E-state index contributed by atoms with van der Waals surface area (Å²) < 4.78 is 0. The second-order valence-electron chi connectivity index (χ2n) is 4.65. The molecule has 2 unspecified atom stereocenters. The van der Waals surface area contributed by atoms with Crippen molar-refractivity contribution in [1.29, 1.82) is 0 Å². The molecule has 9 heteroatoms. The SMILES string of the molecule is O=C(CSCC(=O)NC1CCSC1=O)NC1CCSC1=O. The molecule has 0 aromatic carbocycles. The number of amides is 2. The van der Waals surface area contributed by atoms with Crippen LogP contribution in [0.25, 0.3) is 0 Å². The first-order chi connectivity index (χ1) is 10.1. The van der Waals surface area contributed by atoms with E-state index in [1.165, 1.54) is 35.3 Å². The minimum Gasteiger partial charge on any atom is -0.345 e. The predicted molar refractivity (Wildman–Crippen MR) is 85.4 cm³/mol. The zero-order chi connectivity index (χ0) is 15.2. The van der Waals surface area contributed by atoms with E-state index in [1.54, 1.807) is 0 Å². The summed E-state index contributed by atoms with van der Waals surface area (Å²) in [4.78, 5) is 46.0. The minimum absolute atomic E-state index is 0.00309. The fourth-order valence-corrected chi connectivity index (χ4v) is 4.47. The highest BCUT2D eigenvalue weighted by molar-refractivity contribution is 8.14. The molecule has 2 amide bonds. The van der Waals surface area contributed by atoms with Gasteiger partial charge in [-0.15, -0.1) is 11.8 Å². The summed E-state index contributed by atoms with van der Waals surface area (Å²) in [7, 11) is 0. The number of rotatable bonds is 6. The van der Waals surface area contributed by atoms with Crippen molar-refractivity contribution in [2.45, 2.75) is 24.9 Å². The lowest BCUT2D eigenvalue weighted by molar-refractivity contribution is -0.122. The molecule has 2 aliphatic heterocycles. The van der Waals surface area contributed by atoms with Crippen LogP contribution in [0.2, 0.25) is 0 Å². The molecule has 2 rings (SSSR count). The molecule has 21 heavy (non-hydrogen) atoms. The van der Waals surface area contributed by atoms with E-state index in [1.807, 2.05) is 0 Å². The van der Waals surface area contributed by atoms with Crippen molar-refractivity contribution in [2.24, 2.45) is 0 Å². The Morgan fingerprint density at radius 3 is 1.71 bits per heavy atom. The van der Waals surface area contributed by atoms with Crippen LogP contribution in [0.1, 0.15) is 12.8 Å². The first kappa shape index (κ1) is 16.7. The van der Waals surface area contributed by atoms with Gasteiger partial charge in [0.15, 0.2) is 0 Å². The molecular weight excluding hydrogens is 332 g/mol. The van der Waals surface area contributed by atoms with E-state index < -0.39 is 0 Å². The minimum atomic E-state index is -0.384. The molecule has 0 aromatic heterocycles. The van der Waals surface area contributed by atoms with Gasteiger partial charge in [-0.1, -0.05) is 23.5 Å². The third-order valence-electron chi connectivity index (χ3n) is 3.01. The van der Waals surface area contributed by atoms with E-state index in [4.69, 9.17) is 0 Å². The van der Waals surface area contributed by atoms with Crippen molar-refractivity contribution in [2.75, 3.05) is 23.0 Å². The molecule has 0 aliphatic carbocycles. The van der Waals surface area contributed by atoms with Gasteiger partial charge in [0.1, 0.15) is 0 Å². The Labute approximate surface area is 135 Å². The number of thioether (sulfide) groups is 3. The predicted octanol–water partition coefficient (Wildman–Crippen LogP) is 0.0162. The van der Waals surface area contributed by atoms with Crippen LogP contribution < -0.4 is 10.6 Å². The van der Waals surface area contributed by atoms with E-state index >= 15 is 0 Å². The molecule has 2 fully saturated rings. The van der Waals surface area contributed by atoms with Crippen molar-refractivity contribution in [3.8, 4) is 0 Å². The molecule has 0 radical (unpaired) electrons. The summed E-state index contributed by atoms with van der Waals surface area (Å²) >= 11 is 3.65. The Morgan fingerprint density at radius 2 is 1.38 bits per heavy atom. The summed E-state index contributed by atoms with van der Waals surface area (Å²) in [6.07, 6.45) is 1.34. The Balaban J connectivity index is 1.60. The highest BCUT2D eigenvalue weighted by Gasteiger charge is 2.27. The topological polar surface area (TPSA) is 92.3 Å². The average Bonchev–Trinajstić information content (AvgIpc) is 3.00. The standard InChI is InChI=1S/C12H16N2O4S3/c15-9(13-7-1-3-20-11(7)17)5-19-6-10(16)14-8-2-4-21-12(8)18/h7-8H,1-6H2,(H,13,15)(H,14,16). The highest BCUT2D eigenvalue weighted by atomic mass is 32.2. The van der Waals surface area contributed by atoms with Gasteiger partial charge in [0.05, 0.1) is 23.6 Å². The van der Waals surface area contributed by atoms with E-state index in [2.05, 4.69) is 10.6 Å². The highest BCUT2D eigenvalue weighted by Crippen LogP contribution is 2.20. The number of carbonyl (C=O) groups excluding carboxylic acids is 4. The first-order valence-corrected chi connectivity index (χ1v) is 9.68. The first-order valence-electron chi connectivity index (χ1n) is 6.56. The number of carbonyl (C=O) groups is 4. The fraction of sp³-hybridized carbons (Fsp3) is 0.667. The van der Waals surface area contributed by atoms with Gasteiger partial charge >= 0.3 is 0 Å². The quantitative estimate of drug-likeness (QED) is 0.699. The van der Waals surface area contributed by atoms with Crippen LogP contribution in [0.15, 0.2) is 0 Å². The summed E-state index contributed by atoms with van der Waals surface area (Å²) in [5, 5.41) is 5.33. The van der Waals surface area contributed by atoms with Crippen molar-refractivity contribution >= 4 is 57.3 Å². The van der Waals surface area contributed by atoms with Crippen molar-refractivity contribution in [3.63, 3.8) is 0 Å². The number of hydrogen-bond acceptors (Lipinski definition) is 7. The molecule has 0 saturated carbocycles. The van der Waals surface area contributed by atoms with E-state index in [-0.39, 0.29) is 45.6 Å². The van der Waals surface area contributed by atoms with Crippen LogP contribution in [-0.2, 0) is 19.2 Å². The maximum atomic E-state index is 11.6. The molecule has 0 aromatic rings. The average molecular weight is 348 g/mol. The van der Waals surface area contributed by atoms with Gasteiger partial charge < -0.3 is 10.6 Å². The lowest BCUT2D eigenvalue weighted by atomic mass is 10.2. The Kier molecular flexibility index (Phi) is 6.43. The van der Waals surface area contributed by atoms with Crippen molar-refractivity contribution in [1.82, 2.24) is 10.6 Å². The summed E-state index contributed by atoms with van der Waals surface area (Å²) in [6.45, 7) is 0. The zero-order valence-electron chi connectivity index (χ0n) is 11.3. The van der Waals surface area contributed by atoms with Gasteiger partial charge in [-0.3, -0.25) is 19.2 Å². The second kappa shape index (κ2) is 8.09. The van der Waals surface area contributed by atoms with Gasteiger partial charge in [-0.25, -0.2) is 0 Å². The third-order valence-corrected chi connectivity index (χ3v) is 5.96. The third kappa shape index (κ3) is 5.23. The van der Waals surface area contributed by atoms with Gasteiger partial charge in [0.25, 0.3) is 0 Å². The lowest BCUT2D eigenvalue weighted by Crippen LogP contribution is -2.39. The fourth-order valence-electron chi connectivity index (χ4n) is 1.96. The largest absolute Gasteiger partial charge is 0.345 e. The molecular formula is C12H16N2O4S3. The van der Waals surface area contributed by atoms with Crippen LogP contribution in [0.3, 0.4) is 0 Å². The molecule has 2 aliphatic rings. The normalized spacial score (nSPS) is 25.1. The van der Waals surface area contributed by atoms with Gasteiger partial charge in [-0.05, 0) is 12.8 Å². The Hall–Kier alpha value is -0.670. The van der Waals surface area contributed by atoms with E-state index in [9.17, 15) is 19.2 Å². The monoisotopic (exact) mass is 348 g/mol. The van der Waals surface area contributed by atoms with Gasteiger partial charge in [0.2, 0.25) is 22.0 Å². The molecule has 0 spiro atoms. The maximum Gasteiger partial charge on any atom is 0.230 e. The van der Waals surface area contributed by atoms with Gasteiger partial charge in [-0.2, -0.15) is 0 Å². The zero-order valence-corrected chi connectivity index (χ0v) is 13.7. The molecule has 2 N–H and O–H groups in total. The Morgan fingerprint density at radius 1 is 0.952 bits per heavy atom. The molecule has 6 nitrogen and oxygen atoms in total. The second-order valence-corrected chi connectivity index (χ2v) is 7.83. The van der Waals surface area contributed by atoms with Crippen LogP contribution >= 0.6 is 35.3 Å². The Bertz CT molecular complexity index is 418. The molecule has 2 atom stereocenters. The molecule has 2 heterocycles. The van der Waals surface area contributed by atoms with E-state index in [0.29, 0.717) is 12.8 Å². The van der Waals surface area contributed by atoms with Crippen LogP contribution in [0, 0.1) is 0 Å². The maximum absolute atomic E-state index is 11.6. The van der Waals surface area contributed by atoms with Crippen molar-refractivity contribution in [3.05, 3.63) is 0 Å². The molecule has 0 bridgehead atoms.